The standard InChI is InChI=1S/C11H12BrClN2OS/c1-3-15-9(7(12)4-14-15)10(16)11-8(13)6(2)5-17-11/h4-5,10,16H,3H2,1-2H3. The summed E-state index contributed by atoms with van der Waals surface area (Å²) in [7, 11) is 0. The number of hydrogen-bond acceptors (Lipinski definition) is 3. The van der Waals surface area contributed by atoms with Crippen molar-refractivity contribution >= 4 is 38.9 Å². The van der Waals surface area contributed by atoms with E-state index in [-0.39, 0.29) is 0 Å². The molecule has 1 atom stereocenters. The van der Waals surface area contributed by atoms with Crippen LogP contribution in [0.4, 0.5) is 0 Å². The first-order valence-corrected chi connectivity index (χ1v) is 7.24. The summed E-state index contributed by atoms with van der Waals surface area (Å²) in [6.45, 7) is 4.62. The Labute approximate surface area is 117 Å². The molecule has 0 spiro atoms. The van der Waals surface area contributed by atoms with Crippen LogP contribution in [0.2, 0.25) is 5.02 Å². The van der Waals surface area contributed by atoms with Crippen LogP contribution in [0.25, 0.3) is 0 Å². The lowest BCUT2D eigenvalue weighted by atomic mass is 10.2. The molecular weight excluding hydrogens is 324 g/mol. The van der Waals surface area contributed by atoms with E-state index in [1.165, 1.54) is 11.3 Å². The maximum Gasteiger partial charge on any atom is 0.132 e. The number of hydrogen-bond donors (Lipinski definition) is 1. The van der Waals surface area contributed by atoms with E-state index in [9.17, 15) is 5.11 Å². The Hall–Kier alpha value is -0.360. The summed E-state index contributed by atoms with van der Waals surface area (Å²) in [5.74, 6) is 0. The van der Waals surface area contributed by atoms with Gasteiger partial charge in [0.15, 0.2) is 0 Å². The van der Waals surface area contributed by atoms with Gasteiger partial charge in [-0.3, -0.25) is 4.68 Å². The zero-order valence-electron chi connectivity index (χ0n) is 9.44. The van der Waals surface area contributed by atoms with Crippen LogP contribution in [0.1, 0.15) is 29.2 Å². The molecule has 1 unspecified atom stereocenters. The molecule has 2 heterocycles. The molecular formula is C11H12BrClN2OS. The summed E-state index contributed by atoms with van der Waals surface area (Å²) in [4.78, 5) is 0.764. The van der Waals surface area contributed by atoms with E-state index in [4.69, 9.17) is 11.6 Å². The third-order valence-corrected chi connectivity index (χ3v) is 4.94. The van der Waals surface area contributed by atoms with E-state index in [2.05, 4.69) is 21.0 Å². The zero-order chi connectivity index (χ0) is 12.6. The summed E-state index contributed by atoms with van der Waals surface area (Å²) < 4.78 is 2.56. The summed E-state index contributed by atoms with van der Waals surface area (Å²) in [5.41, 5.74) is 1.74. The lowest BCUT2D eigenvalue weighted by Gasteiger charge is -2.12. The Morgan fingerprint density at radius 1 is 1.65 bits per heavy atom. The van der Waals surface area contributed by atoms with Crippen LogP contribution in [0.15, 0.2) is 16.0 Å². The van der Waals surface area contributed by atoms with Gasteiger partial charge in [0.2, 0.25) is 0 Å². The topological polar surface area (TPSA) is 38.0 Å². The molecule has 0 saturated heterocycles. The Morgan fingerprint density at radius 3 is 2.88 bits per heavy atom. The van der Waals surface area contributed by atoms with Crippen LogP contribution in [-0.2, 0) is 6.54 Å². The first kappa shape index (κ1) is 13.1. The fourth-order valence-corrected chi connectivity index (χ4v) is 3.45. The number of aliphatic hydroxyl groups is 1. The highest BCUT2D eigenvalue weighted by molar-refractivity contribution is 9.10. The third kappa shape index (κ3) is 2.29. The Morgan fingerprint density at radius 2 is 2.35 bits per heavy atom. The smallest absolute Gasteiger partial charge is 0.132 e. The Bertz CT molecular complexity index is 538. The van der Waals surface area contributed by atoms with E-state index < -0.39 is 6.10 Å². The van der Waals surface area contributed by atoms with Gasteiger partial charge in [-0.05, 0) is 40.7 Å². The van der Waals surface area contributed by atoms with E-state index in [1.54, 1.807) is 10.9 Å². The highest BCUT2D eigenvalue weighted by Crippen LogP contribution is 2.37. The second-order valence-corrected chi connectivity index (χ2v) is 5.84. The molecule has 0 radical (unpaired) electrons. The second-order valence-electron chi connectivity index (χ2n) is 3.69. The van der Waals surface area contributed by atoms with E-state index in [0.29, 0.717) is 11.6 Å². The molecule has 0 aromatic carbocycles. The number of aromatic nitrogens is 2. The molecule has 0 saturated carbocycles. The molecule has 0 aliphatic rings. The van der Waals surface area contributed by atoms with Crippen molar-refractivity contribution in [2.45, 2.75) is 26.5 Å². The van der Waals surface area contributed by atoms with Crippen molar-refractivity contribution in [1.82, 2.24) is 9.78 Å². The van der Waals surface area contributed by atoms with Crippen molar-refractivity contribution < 1.29 is 5.11 Å². The fourth-order valence-electron chi connectivity index (χ4n) is 1.65. The SMILES string of the molecule is CCn1ncc(Br)c1C(O)c1scc(C)c1Cl. The minimum Gasteiger partial charge on any atom is -0.381 e. The van der Waals surface area contributed by atoms with Crippen LogP contribution >= 0.6 is 38.9 Å². The number of aliphatic hydroxyl groups excluding tert-OH is 1. The van der Waals surface area contributed by atoms with Crippen molar-refractivity contribution in [2.24, 2.45) is 0 Å². The molecule has 17 heavy (non-hydrogen) atoms. The van der Waals surface area contributed by atoms with Crippen molar-refractivity contribution in [3.05, 3.63) is 37.2 Å². The van der Waals surface area contributed by atoms with Gasteiger partial charge >= 0.3 is 0 Å². The minimum atomic E-state index is -0.738. The maximum atomic E-state index is 10.4. The lowest BCUT2D eigenvalue weighted by molar-refractivity contribution is 0.211. The predicted octanol–water partition coefficient (Wildman–Crippen LogP) is 3.77. The third-order valence-electron chi connectivity index (χ3n) is 2.57. The summed E-state index contributed by atoms with van der Waals surface area (Å²) >= 11 is 11.0. The van der Waals surface area contributed by atoms with E-state index in [0.717, 1.165) is 20.6 Å². The largest absolute Gasteiger partial charge is 0.381 e. The van der Waals surface area contributed by atoms with Gasteiger partial charge in [0.25, 0.3) is 0 Å². The van der Waals surface area contributed by atoms with Crippen molar-refractivity contribution in [3.8, 4) is 0 Å². The normalized spacial score (nSPS) is 13.0. The summed E-state index contributed by atoms with van der Waals surface area (Å²) in [6.07, 6.45) is 0.953. The molecule has 2 aromatic heterocycles. The molecule has 2 aromatic rings. The van der Waals surface area contributed by atoms with Gasteiger partial charge in [-0.2, -0.15) is 5.10 Å². The zero-order valence-corrected chi connectivity index (χ0v) is 12.6. The summed E-state index contributed by atoms with van der Waals surface area (Å²) in [6, 6.07) is 0. The molecule has 0 fully saturated rings. The van der Waals surface area contributed by atoms with Gasteiger partial charge in [0.05, 0.1) is 26.3 Å². The molecule has 0 amide bonds. The number of halogens is 2. The van der Waals surface area contributed by atoms with Gasteiger partial charge in [-0.25, -0.2) is 0 Å². The molecule has 6 heteroatoms. The Balaban J connectivity index is 2.46. The van der Waals surface area contributed by atoms with Crippen molar-refractivity contribution in [2.75, 3.05) is 0 Å². The monoisotopic (exact) mass is 334 g/mol. The Kier molecular flexibility index (Phi) is 3.92. The molecule has 0 aliphatic heterocycles. The second kappa shape index (κ2) is 5.10. The fraction of sp³-hybridized carbons (Fsp3) is 0.364. The minimum absolute atomic E-state index is 0.637. The van der Waals surface area contributed by atoms with Gasteiger partial charge in [0.1, 0.15) is 6.10 Å². The number of nitrogens with zero attached hydrogens (tertiary/aromatic N) is 2. The van der Waals surface area contributed by atoms with E-state index in [1.807, 2.05) is 19.2 Å². The van der Waals surface area contributed by atoms with Crippen LogP contribution in [0.5, 0.6) is 0 Å². The molecule has 1 N–H and O–H groups in total. The van der Waals surface area contributed by atoms with Gasteiger partial charge in [-0.15, -0.1) is 11.3 Å². The van der Waals surface area contributed by atoms with Crippen LogP contribution in [-0.4, -0.2) is 14.9 Å². The summed E-state index contributed by atoms with van der Waals surface area (Å²) in [5, 5.41) is 17.2. The number of aryl methyl sites for hydroxylation is 2. The van der Waals surface area contributed by atoms with Crippen LogP contribution in [0.3, 0.4) is 0 Å². The number of rotatable bonds is 3. The first-order chi connectivity index (χ1) is 8.06. The molecule has 0 bridgehead atoms. The van der Waals surface area contributed by atoms with Gasteiger partial charge < -0.3 is 5.11 Å². The average molecular weight is 336 g/mol. The highest BCUT2D eigenvalue weighted by atomic mass is 79.9. The first-order valence-electron chi connectivity index (χ1n) is 5.19. The average Bonchev–Trinajstić information content (AvgIpc) is 2.83. The van der Waals surface area contributed by atoms with Crippen LogP contribution in [0, 0.1) is 6.92 Å². The van der Waals surface area contributed by atoms with Crippen molar-refractivity contribution in [3.63, 3.8) is 0 Å². The highest BCUT2D eigenvalue weighted by Gasteiger charge is 2.23. The maximum absolute atomic E-state index is 10.4. The van der Waals surface area contributed by atoms with Gasteiger partial charge in [-0.1, -0.05) is 11.6 Å². The molecule has 92 valence electrons. The van der Waals surface area contributed by atoms with Crippen LogP contribution < -0.4 is 0 Å². The lowest BCUT2D eigenvalue weighted by Crippen LogP contribution is -2.09. The number of thiophene rings is 1. The van der Waals surface area contributed by atoms with E-state index >= 15 is 0 Å². The molecule has 3 nitrogen and oxygen atoms in total. The van der Waals surface area contributed by atoms with Gasteiger partial charge in [0, 0.05) is 6.54 Å². The molecule has 2 rings (SSSR count). The predicted molar refractivity (Wildman–Crippen MR) is 73.7 cm³/mol. The molecule has 0 aliphatic carbocycles. The quantitative estimate of drug-likeness (QED) is 0.927. The van der Waals surface area contributed by atoms with Crippen molar-refractivity contribution in [1.29, 1.82) is 0 Å².